The molecular formula is C16H19ClN4O4. The second-order valence-corrected chi connectivity index (χ2v) is 6.67. The zero-order chi connectivity index (χ0) is 18.0. The number of hydrogen-bond acceptors (Lipinski definition) is 4. The van der Waals surface area contributed by atoms with Gasteiger partial charge in [0, 0.05) is 25.6 Å². The summed E-state index contributed by atoms with van der Waals surface area (Å²) in [4.78, 5) is 26.8. The molecule has 8 nitrogen and oxygen atoms in total. The van der Waals surface area contributed by atoms with E-state index < -0.39 is 5.03 Å². The highest BCUT2D eigenvalue weighted by Gasteiger charge is 2.37. The first kappa shape index (κ1) is 17.6. The normalized spacial score (nSPS) is 25.0. The minimum absolute atomic E-state index is 0.0643. The summed E-state index contributed by atoms with van der Waals surface area (Å²) in [6, 6.07) is 6.64. The number of rotatable bonds is 4. The van der Waals surface area contributed by atoms with Gasteiger partial charge in [-0.2, -0.15) is 0 Å². The number of hydrogen-bond donors (Lipinski definition) is 0. The molecule has 0 aromatic heterocycles. The molecule has 25 heavy (non-hydrogen) atoms. The predicted molar refractivity (Wildman–Crippen MR) is 92.0 cm³/mol. The molecule has 9 heteroatoms. The lowest BCUT2D eigenvalue weighted by Gasteiger charge is -2.22. The van der Waals surface area contributed by atoms with Gasteiger partial charge in [-0.25, -0.2) is 10.1 Å². The van der Waals surface area contributed by atoms with E-state index in [0.717, 1.165) is 6.42 Å². The SMILES string of the molecule is CC1CC(CN2CCN(C(=O)c3ccccc3Cl)C2=N[N+](=O)[O-])CO1. The van der Waals surface area contributed by atoms with E-state index >= 15 is 0 Å². The van der Waals surface area contributed by atoms with Crippen LogP contribution in [0.3, 0.4) is 0 Å². The average Bonchev–Trinajstić information content (AvgIpc) is 3.14. The van der Waals surface area contributed by atoms with Crippen LogP contribution in [0.4, 0.5) is 0 Å². The molecule has 2 atom stereocenters. The second-order valence-electron chi connectivity index (χ2n) is 6.27. The third-order valence-electron chi connectivity index (χ3n) is 4.40. The minimum atomic E-state index is -0.770. The molecule has 0 N–H and O–H groups in total. The zero-order valence-corrected chi connectivity index (χ0v) is 14.6. The predicted octanol–water partition coefficient (Wildman–Crippen LogP) is 2.07. The maximum absolute atomic E-state index is 12.8. The molecule has 2 aliphatic heterocycles. The Morgan fingerprint density at radius 1 is 1.44 bits per heavy atom. The molecule has 3 rings (SSSR count). The van der Waals surface area contributed by atoms with Gasteiger partial charge in [-0.1, -0.05) is 23.7 Å². The largest absolute Gasteiger partial charge is 0.378 e. The average molecular weight is 367 g/mol. The Morgan fingerprint density at radius 2 is 2.20 bits per heavy atom. The first-order valence-electron chi connectivity index (χ1n) is 8.11. The van der Waals surface area contributed by atoms with Crippen molar-refractivity contribution >= 4 is 23.5 Å². The quantitative estimate of drug-likeness (QED) is 0.601. The summed E-state index contributed by atoms with van der Waals surface area (Å²) in [6.07, 6.45) is 1.07. The molecule has 2 unspecified atom stereocenters. The van der Waals surface area contributed by atoms with Gasteiger partial charge in [-0.05, 0) is 25.5 Å². The van der Waals surface area contributed by atoms with E-state index in [1.54, 1.807) is 29.2 Å². The van der Waals surface area contributed by atoms with Crippen LogP contribution in [-0.4, -0.2) is 59.0 Å². The van der Waals surface area contributed by atoms with Crippen molar-refractivity contribution in [3.63, 3.8) is 0 Å². The summed E-state index contributed by atoms with van der Waals surface area (Å²) in [5.74, 6) is -0.0541. The van der Waals surface area contributed by atoms with Crippen molar-refractivity contribution in [2.45, 2.75) is 19.4 Å². The molecule has 2 fully saturated rings. The Bertz CT molecular complexity index is 711. The first-order chi connectivity index (χ1) is 12.0. The van der Waals surface area contributed by atoms with Gasteiger partial charge in [0.25, 0.3) is 11.9 Å². The molecule has 2 saturated heterocycles. The van der Waals surface area contributed by atoms with E-state index in [1.807, 2.05) is 6.92 Å². The van der Waals surface area contributed by atoms with Crippen molar-refractivity contribution in [2.24, 2.45) is 11.0 Å². The molecule has 1 aromatic rings. The van der Waals surface area contributed by atoms with Crippen molar-refractivity contribution in [3.8, 4) is 0 Å². The van der Waals surface area contributed by atoms with Gasteiger partial charge in [0.05, 0.1) is 23.3 Å². The van der Waals surface area contributed by atoms with Gasteiger partial charge in [0.15, 0.2) is 5.03 Å². The number of benzene rings is 1. The van der Waals surface area contributed by atoms with Crippen molar-refractivity contribution in [1.29, 1.82) is 0 Å². The second kappa shape index (κ2) is 7.37. The molecule has 1 amide bonds. The lowest BCUT2D eigenvalue weighted by molar-refractivity contribution is -0.486. The maximum atomic E-state index is 12.8. The van der Waals surface area contributed by atoms with E-state index in [2.05, 4.69) is 5.10 Å². The molecule has 2 aliphatic rings. The fourth-order valence-electron chi connectivity index (χ4n) is 3.27. The lowest BCUT2D eigenvalue weighted by atomic mass is 10.1. The molecule has 0 aliphatic carbocycles. The van der Waals surface area contributed by atoms with Crippen LogP contribution in [0.2, 0.25) is 5.02 Å². The molecule has 0 radical (unpaired) electrons. The number of guanidine groups is 1. The van der Waals surface area contributed by atoms with Gasteiger partial charge >= 0.3 is 0 Å². The smallest absolute Gasteiger partial charge is 0.281 e. The van der Waals surface area contributed by atoms with Crippen LogP contribution >= 0.6 is 11.6 Å². The van der Waals surface area contributed by atoms with E-state index in [4.69, 9.17) is 16.3 Å². The van der Waals surface area contributed by atoms with Crippen LogP contribution in [0.15, 0.2) is 29.4 Å². The summed E-state index contributed by atoms with van der Waals surface area (Å²) in [7, 11) is 0. The fraction of sp³-hybridized carbons (Fsp3) is 0.500. The number of hydrazone groups is 1. The Hall–Kier alpha value is -2.19. The molecule has 0 spiro atoms. The number of carbonyl (C=O) groups excluding carboxylic acids is 1. The van der Waals surface area contributed by atoms with Gasteiger partial charge < -0.3 is 9.64 Å². The van der Waals surface area contributed by atoms with Crippen LogP contribution in [0.1, 0.15) is 23.7 Å². The van der Waals surface area contributed by atoms with Crippen LogP contribution in [0, 0.1) is 16.0 Å². The third-order valence-corrected chi connectivity index (χ3v) is 4.73. The number of amides is 1. The topological polar surface area (TPSA) is 88.3 Å². The zero-order valence-electron chi connectivity index (χ0n) is 13.8. The molecular weight excluding hydrogens is 348 g/mol. The summed E-state index contributed by atoms with van der Waals surface area (Å²) < 4.78 is 5.55. The minimum Gasteiger partial charge on any atom is -0.378 e. The molecule has 134 valence electrons. The van der Waals surface area contributed by atoms with Crippen LogP contribution < -0.4 is 0 Å². The van der Waals surface area contributed by atoms with Gasteiger partial charge in [0.2, 0.25) is 0 Å². The maximum Gasteiger partial charge on any atom is 0.281 e. The van der Waals surface area contributed by atoms with E-state index in [0.29, 0.717) is 36.8 Å². The third kappa shape index (κ3) is 3.91. The number of nitrogens with zero attached hydrogens (tertiary/aromatic N) is 4. The highest BCUT2D eigenvalue weighted by atomic mass is 35.5. The number of carbonyl (C=O) groups is 1. The van der Waals surface area contributed by atoms with E-state index in [-0.39, 0.29) is 23.9 Å². The van der Waals surface area contributed by atoms with Gasteiger partial charge in [0.1, 0.15) is 5.10 Å². The fourth-order valence-corrected chi connectivity index (χ4v) is 3.49. The summed E-state index contributed by atoms with van der Waals surface area (Å²) >= 11 is 6.09. The van der Waals surface area contributed by atoms with E-state index in [9.17, 15) is 14.9 Å². The summed E-state index contributed by atoms with van der Waals surface area (Å²) in [5.41, 5.74) is 0.305. The van der Waals surface area contributed by atoms with E-state index in [1.165, 1.54) is 4.90 Å². The molecule has 0 saturated carbocycles. The lowest BCUT2D eigenvalue weighted by Crippen LogP contribution is -2.40. The Balaban J connectivity index is 1.81. The Kier molecular flexibility index (Phi) is 5.19. The van der Waals surface area contributed by atoms with Gasteiger partial charge in [-0.15, -0.1) is 0 Å². The Morgan fingerprint density at radius 3 is 2.84 bits per heavy atom. The van der Waals surface area contributed by atoms with Crippen molar-refractivity contribution in [3.05, 3.63) is 45.0 Å². The Labute approximate surface area is 150 Å². The highest BCUT2D eigenvalue weighted by molar-refractivity contribution is 6.34. The highest BCUT2D eigenvalue weighted by Crippen LogP contribution is 2.24. The van der Waals surface area contributed by atoms with Gasteiger partial charge in [-0.3, -0.25) is 9.69 Å². The van der Waals surface area contributed by atoms with Crippen LogP contribution in [-0.2, 0) is 4.74 Å². The van der Waals surface area contributed by atoms with Crippen LogP contribution in [0.5, 0.6) is 0 Å². The number of nitro groups is 1. The van der Waals surface area contributed by atoms with Crippen molar-refractivity contribution in [1.82, 2.24) is 9.80 Å². The molecule has 0 bridgehead atoms. The van der Waals surface area contributed by atoms with Crippen molar-refractivity contribution < 1.29 is 14.6 Å². The first-order valence-corrected chi connectivity index (χ1v) is 8.49. The number of ether oxygens (including phenoxy) is 1. The molecule has 2 heterocycles. The number of halogens is 1. The molecule has 1 aromatic carbocycles. The summed E-state index contributed by atoms with van der Waals surface area (Å²) in [6.45, 7) is 4.02. The standard InChI is InChI=1S/C16H19ClN4O4/c1-11-8-12(10-25-11)9-19-6-7-20(16(19)18-21(23)24)15(22)13-4-2-3-5-14(13)17/h2-5,11-12H,6-10H2,1H3. The summed E-state index contributed by atoms with van der Waals surface area (Å²) in [5, 5.41) is 14.0. The monoisotopic (exact) mass is 366 g/mol. The van der Waals surface area contributed by atoms with Crippen molar-refractivity contribution in [2.75, 3.05) is 26.2 Å². The van der Waals surface area contributed by atoms with Crippen LogP contribution in [0.25, 0.3) is 0 Å².